The van der Waals surface area contributed by atoms with Gasteiger partial charge in [0.15, 0.2) is 6.29 Å². The van der Waals surface area contributed by atoms with Crippen LogP contribution in [0.2, 0.25) is 0 Å². The van der Waals surface area contributed by atoms with E-state index in [1.54, 1.807) is 12.1 Å². The Morgan fingerprint density at radius 2 is 1.88 bits per heavy atom. The van der Waals surface area contributed by atoms with E-state index in [-0.39, 0.29) is 12.4 Å². The molecule has 0 aromatic heterocycles. The molecule has 0 saturated carbocycles. The predicted molar refractivity (Wildman–Crippen MR) is 66.6 cm³/mol. The average molecular weight is 307 g/mol. The molecule has 0 aliphatic carbocycles. The van der Waals surface area contributed by atoms with Crippen molar-refractivity contribution < 1.29 is 18.6 Å². The summed E-state index contributed by atoms with van der Waals surface area (Å²) in [4.78, 5) is 0. The van der Waals surface area contributed by atoms with Gasteiger partial charge in [-0.1, -0.05) is 0 Å². The molecule has 0 fully saturated rings. The highest BCUT2D eigenvalue weighted by atomic mass is 79.9. The first-order chi connectivity index (χ1) is 8.17. The Hall–Kier alpha value is -0.650. The lowest BCUT2D eigenvalue weighted by Crippen LogP contribution is -2.25. The van der Waals surface area contributed by atoms with Gasteiger partial charge in [0.25, 0.3) is 0 Å². The lowest BCUT2D eigenvalue weighted by atomic mass is 10.3. The van der Waals surface area contributed by atoms with Gasteiger partial charge in [-0.2, -0.15) is 0 Å². The van der Waals surface area contributed by atoms with Crippen LogP contribution >= 0.6 is 15.9 Å². The molecule has 0 heterocycles. The standard InChI is InChI=1S/C12H16BrFO3/c1-3-15-12(16-4-2)8-17-9-5-6-11(14)10(13)7-9/h5-7,12H,3-4,8H2,1-2H3. The van der Waals surface area contributed by atoms with Gasteiger partial charge in [0.05, 0.1) is 4.47 Å². The normalized spacial score (nSPS) is 10.9. The van der Waals surface area contributed by atoms with Crippen molar-refractivity contribution in [2.75, 3.05) is 19.8 Å². The zero-order valence-corrected chi connectivity index (χ0v) is 11.5. The van der Waals surface area contributed by atoms with Crippen molar-refractivity contribution in [3.63, 3.8) is 0 Å². The van der Waals surface area contributed by atoms with E-state index in [1.165, 1.54) is 6.07 Å². The largest absolute Gasteiger partial charge is 0.488 e. The van der Waals surface area contributed by atoms with Gasteiger partial charge in [-0.05, 0) is 48.0 Å². The van der Waals surface area contributed by atoms with Crippen molar-refractivity contribution in [3.8, 4) is 5.75 Å². The third-order valence-corrected chi connectivity index (χ3v) is 2.59. The quantitative estimate of drug-likeness (QED) is 0.723. The summed E-state index contributed by atoms with van der Waals surface area (Å²) in [6.07, 6.45) is -0.395. The zero-order valence-electron chi connectivity index (χ0n) is 9.91. The molecule has 1 rings (SSSR count). The fourth-order valence-electron chi connectivity index (χ4n) is 1.25. The minimum atomic E-state index is -0.395. The molecule has 0 bridgehead atoms. The monoisotopic (exact) mass is 306 g/mol. The highest BCUT2D eigenvalue weighted by Gasteiger charge is 2.09. The van der Waals surface area contributed by atoms with E-state index in [2.05, 4.69) is 15.9 Å². The maximum atomic E-state index is 13.0. The highest BCUT2D eigenvalue weighted by Crippen LogP contribution is 2.21. The van der Waals surface area contributed by atoms with E-state index in [9.17, 15) is 4.39 Å². The van der Waals surface area contributed by atoms with Crippen molar-refractivity contribution in [1.82, 2.24) is 0 Å². The summed E-state index contributed by atoms with van der Waals surface area (Å²) in [6.45, 7) is 5.17. The van der Waals surface area contributed by atoms with E-state index in [0.29, 0.717) is 23.4 Å². The second-order valence-corrected chi connectivity index (χ2v) is 4.08. The van der Waals surface area contributed by atoms with Crippen molar-refractivity contribution in [2.24, 2.45) is 0 Å². The Balaban J connectivity index is 2.49. The topological polar surface area (TPSA) is 27.7 Å². The third kappa shape index (κ3) is 5.02. The molecule has 5 heteroatoms. The maximum Gasteiger partial charge on any atom is 0.191 e. The van der Waals surface area contributed by atoms with Gasteiger partial charge in [0.1, 0.15) is 18.2 Å². The average Bonchev–Trinajstić information content (AvgIpc) is 2.31. The Morgan fingerprint density at radius 1 is 1.24 bits per heavy atom. The molecule has 0 N–H and O–H groups in total. The van der Waals surface area contributed by atoms with E-state index in [1.807, 2.05) is 13.8 Å². The van der Waals surface area contributed by atoms with Gasteiger partial charge in [-0.15, -0.1) is 0 Å². The number of hydrogen-bond donors (Lipinski definition) is 0. The highest BCUT2D eigenvalue weighted by molar-refractivity contribution is 9.10. The van der Waals surface area contributed by atoms with E-state index < -0.39 is 6.29 Å². The van der Waals surface area contributed by atoms with Crippen LogP contribution in [0.15, 0.2) is 22.7 Å². The van der Waals surface area contributed by atoms with E-state index in [0.717, 1.165) is 0 Å². The van der Waals surface area contributed by atoms with Crippen LogP contribution < -0.4 is 4.74 Å². The lowest BCUT2D eigenvalue weighted by Gasteiger charge is -2.17. The fraction of sp³-hybridized carbons (Fsp3) is 0.500. The summed E-state index contributed by atoms with van der Waals surface area (Å²) in [5.41, 5.74) is 0. The molecule has 0 radical (unpaired) electrons. The van der Waals surface area contributed by atoms with Crippen LogP contribution in [0.5, 0.6) is 5.75 Å². The molecule has 17 heavy (non-hydrogen) atoms. The van der Waals surface area contributed by atoms with E-state index >= 15 is 0 Å². The van der Waals surface area contributed by atoms with Crippen LogP contribution in [0, 0.1) is 5.82 Å². The third-order valence-electron chi connectivity index (χ3n) is 1.98. The molecule has 0 saturated heterocycles. The SMILES string of the molecule is CCOC(COc1ccc(F)c(Br)c1)OCC. The van der Waals surface area contributed by atoms with Crippen molar-refractivity contribution in [2.45, 2.75) is 20.1 Å². The molecule has 1 aromatic rings. The minimum Gasteiger partial charge on any atom is -0.488 e. The first-order valence-corrected chi connectivity index (χ1v) is 6.27. The van der Waals surface area contributed by atoms with Crippen LogP contribution in [0.3, 0.4) is 0 Å². The van der Waals surface area contributed by atoms with Crippen LogP contribution in [0.4, 0.5) is 4.39 Å². The number of benzene rings is 1. The molecular weight excluding hydrogens is 291 g/mol. The smallest absolute Gasteiger partial charge is 0.191 e. The van der Waals surface area contributed by atoms with Crippen molar-refractivity contribution in [3.05, 3.63) is 28.5 Å². The molecule has 0 aliphatic rings. The van der Waals surface area contributed by atoms with Crippen molar-refractivity contribution >= 4 is 15.9 Å². The Labute approximate surface area is 109 Å². The first-order valence-electron chi connectivity index (χ1n) is 5.48. The van der Waals surface area contributed by atoms with Gasteiger partial charge in [-0.25, -0.2) is 4.39 Å². The van der Waals surface area contributed by atoms with Crippen LogP contribution in [-0.4, -0.2) is 26.1 Å². The Bertz CT molecular complexity index is 341. The predicted octanol–water partition coefficient (Wildman–Crippen LogP) is 3.37. The number of ether oxygens (including phenoxy) is 3. The lowest BCUT2D eigenvalue weighted by molar-refractivity contribution is -0.152. The minimum absolute atomic E-state index is 0.278. The van der Waals surface area contributed by atoms with Gasteiger partial charge < -0.3 is 14.2 Å². The van der Waals surface area contributed by atoms with Crippen LogP contribution in [0.25, 0.3) is 0 Å². The zero-order chi connectivity index (χ0) is 12.7. The molecule has 0 amide bonds. The van der Waals surface area contributed by atoms with Crippen LogP contribution in [-0.2, 0) is 9.47 Å². The summed E-state index contributed by atoms with van der Waals surface area (Å²) in [7, 11) is 0. The first kappa shape index (κ1) is 14.4. The molecule has 96 valence electrons. The second kappa shape index (κ2) is 7.63. The molecule has 0 aliphatic heterocycles. The maximum absolute atomic E-state index is 13.0. The Morgan fingerprint density at radius 3 is 2.41 bits per heavy atom. The van der Waals surface area contributed by atoms with Gasteiger partial charge in [0, 0.05) is 13.2 Å². The summed E-state index contributed by atoms with van der Waals surface area (Å²) in [5.74, 6) is 0.256. The Kier molecular flexibility index (Phi) is 6.47. The van der Waals surface area contributed by atoms with E-state index in [4.69, 9.17) is 14.2 Å². The van der Waals surface area contributed by atoms with Gasteiger partial charge >= 0.3 is 0 Å². The molecule has 0 atom stereocenters. The molecular formula is C12H16BrFO3. The summed E-state index contributed by atoms with van der Waals surface area (Å²) >= 11 is 3.10. The number of hydrogen-bond acceptors (Lipinski definition) is 3. The molecule has 0 spiro atoms. The van der Waals surface area contributed by atoms with Gasteiger partial charge in [0.2, 0.25) is 0 Å². The number of halogens is 2. The molecule has 1 aromatic carbocycles. The van der Waals surface area contributed by atoms with Crippen molar-refractivity contribution in [1.29, 1.82) is 0 Å². The summed E-state index contributed by atoms with van der Waals surface area (Å²) < 4.78 is 29.5. The number of rotatable bonds is 7. The van der Waals surface area contributed by atoms with Gasteiger partial charge in [-0.3, -0.25) is 0 Å². The van der Waals surface area contributed by atoms with Crippen LogP contribution in [0.1, 0.15) is 13.8 Å². The summed E-state index contributed by atoms with van der Waals surface area (Å²) in [6, 6.07) is 4.48. The summed E-state index contributed by atoms with van der Waals surface area (Å²) in [5, 5.41) is 0. The molecule has 3 nitrogen and oxygen atoms in total. The fourth-order valence-corrected chi connectivity index (χ4v) is 1.60. The molecule has 0 unspecified atom stereocenters. The second-order valence-electron chi connectivity index (χ2n) is 3.23.